The molecule has 8 nitrogen and oxygen atoms in total. The SMILES string of the molecule is O=C1C(=O)N(Cc2ccco2)C(c2ccccc2[N+](=O)[O-])C1=C(O)c1ccccc1. The van der Waals surface area contributed by atoms with E-state index in [9.17, 15) is 24.8 Å². The molecule has 1 fully saturated rings. The van der Waals surface area contributed by atoms with Crippen LogP contribution >= 0.6 is 0 Å². The van der Waals surface area contributed by atoms with Gasteiger partial charge < -0.3 is 14.4 Å². The molecule has 1 amide bonds. The normalized spacial score (nSPS) is 18.0. The number of aliphatic hydroxyl groups excluding tert-OH is 1. The molecular formula is C22H16N2O6. The van der Waals surface area contributed by atoms with Crippen LogP contribution in [0.1, 0.15) is 22.9 Å². The molecule has 1 unspecified atom stereocenters. The maximum atomic E-state index is 12.9. The third-order valence-corrected chi connectivity index (χ3v) is 4.92. The number of carbonyl (C=O) groups excluding carboxylic acids is 2. The van der Waals surface area contributed by atoms with E-state index < -0.39 is 22.7 Å². The number of aliphatic hydroxyl groups is 1. The fourth-order valence-corrected chi connectivity index (χ4v) is 3.57. The number of nitrogens with zero attached hydrogens (tertiary/aromatic N) is 2. The van der Waals surface area contributed by atoms with Crippen molar-refractivity contribution in [3.63, 3.8) is 0 Å². The Balaban J connectivity index is 1.94. The zero-order chi connectivity index (χ0) is 21.3. The first-order chi connectivity index (χ1) is 14.5. The number of nitro groups is 1. The maximum absolute atomic E-state index is 12.9. The van der Waals surface area contributed by atoms with Crippen molar-refractivity contribution in [1.29, 1.82) is 0 Å². The van der Waals surface area contributed by atoms with Crippen molar-refractivity contribution >= 4 is 23.1 Å². The van der Waals surface area contributed by atoms with E-state index in [1.165, 1.54) is 29.4 Å². The van der Waals surface area contributed by atoms with Gasteiger partial charge in [-0.1, -0.05) is 42.5 Å². The lowest BCUT2D eigenvalue weighted by Crippen LogP contribution is -2.29. The molecular weight excluding hydrogens is 388 g/mol. The summed E-state index contributed by atoms with van der Waals surface area (Å²) in [6, 6.07) is 16.2. The molecule has 1 N–H and O–H groups in total. The number of rotatable bonds is 5. The summed E-state index contributed by atoms with van der Waals surface area (Å²) in [6.45, 7) is -0.0835. The van der Waals surface area contributed by atoms with Crippen LogP contribution in [-0.4, -0.2) is 26.6 Å². The number of para-hydroxylation sites is 1. The molecule has 1 aromatic heterocycles. The van der Waals surface area contributed by atoms with Crippen molar-refractivity contribution < 1.29 is 24.0 Å². The first kappa shape index (κ1) is 19.1. The molecule has 3 aromatic rings. The highest BCUT2D eigenvalue weighted by atomic mass is 16.6. The van der Waals surface area contributed by atoms with Gasteiger partial charge in [0, 0.05) is 11.6 Å². The maximum Gasteiger partial charge on any atom is 0.296 e. The number of furan rings is 1. The summed E-state index contributed by atoms with van der Waals surface area (Å²) in [7, 11) is 0. The van der Waals surface area contributed by atoms with Gasteiger partial charge in [-0.2, -0.15) is 0 Å². The second-order valence-corrected chi connectivity index (χ2v) is 6.69. The molecule has 0 aliphatic carbocycles. The van der Waals surface area contributed by atoms with Gasteiger partial charge in [-0.3, -0.25) is 19.7 Å². The minimum absolute atomic E-state index is 0.0835. The number of ketones is 1. The molecule has 30 heavy (non-hydrogen) atoms. The Hall–Kier alpha value is -4.20. The highest BCUT2D eigenvalue weighted by Crippen LogP contribution is 2.43. The zero-order valence-corrected chi connectivity index (χ0v) is 15.6. The van der Waals surface area contributed by atoms with Gasteiger partial charge >= 0.3 is 0 Å². The third kappa shape index (κ3) is 3.24. The zero-order valence-electron chi connectivity index (χ0n) is 15.6. The third-order valence-electron chi connectivity index (χ3n) is 4.92. The van der Waals surface area contributed by atoms with Crippen LogP contribution in [0.3, 0.4) is 0 Å². The minimum atomic E-state index is -1.14. The van der Waals surface area contributed by atoms with Crippen LogP contribution in [0.25, 0.3) is 5.76 Å². The van der Waals surface area contributed by atoms with Crippen LogP contribution in [0.5, 0.6) is 0 Å². The predicted molar refractivity (Wildman–Crippen MR) is 106 cm³/mol. The Morgan fingerprint density at radius 3 is 2.40 bits per heavy atom. The van der Waals surface area contributed by atoms with E-state index in [2.05, 4.69) is 0 Å². The first-order valence-corrected chi connectivity index (χ1v) is 9.08. The average Bonchev–Trinajstić information content (AvgIpc) is 3.36. The molecule has 4 rings (SSSR count). The van der Waals surface area contributed by atoms with Crippen LogP contribution < -0.4 is 0 Å². The van der Waals surface area contributed by atoms with Crippen molar-refractivity contribution in [2.45, 2.75) is 12.6 Å². The van der Waals surface area contributed by atoms with Crippen LogP contribution in [0, 0.1) is 10.1 Å². The summed E-state index contributed by atoms with van der Waals surface area (Å²) in [5.74, 6) is -1.77. The molecule has 0 radical (unpaired) electrons. The molecule has 2 aromatic carbocycles. The Morgan fingerprint density at radius 1 is 1.03 bits per heavy atom. The molecule has 1 saturated heterocycles. The molecule has 1 atom stereocenters. The highest BCUT2D eigenvalue weighted by molar-refractivity contribution is 6.46. The largest absolute Gasteiger partial charge is 0.507 e. The van der Waals surface area contributed by atoms with Gasteiger partial charge in [0.2, 0.25) is 0 Å². The van der Waals surface area contributed by atoms with Gasteiger partial charge in [0.15, 0.2) is 0 Å². The van der Waals surface area contributed by atoms with Gasteiger partial charge in [0.25, 0.3) is 17.4 Å². The number of hydrogen-bond donors (Lipinski definition) is 1. The number of nitro benzene ring substituents is 1. The lowest BCUT2D eigenvalue weighted by molar-refractivity contribution is -0.385. The molecule has 150 valence electrons. The van der Waals surface area contributed by atoms with Crippen LogP contribution in [0.15, 0.2) is 83.0 Å². The van der Waals surface area contributed by atoms with E-state index in [1.54, 1.807) is 48.5 Å². The Morgan fingerprint density at radius 2 is 1.73 bits per heavy atom. The van der Waals surface area contributed by atoms with Gasteiger partial charge in [-0.05, 0) is 18.2 Å². The number of carbonyl (C=O) groups is 2. The van der Waals surface area contributed by atoms with E-state index in [0.717, 1.165) is 0 Å². The number of hydrogen-bond acceptors (Lipinski definition) is 6. The monoisotopic (exact) mass is 404 g/mol. The minimum Gasteiger partial charge on any atom is -0.507 e. The first-order valence-electron chi connectivity index (χ1n) is 9.08. The predicted octanol–water partition coefficient (Wildman–Crippen LogP) is 3.81. The fourth-order valence-electron chi connectivity index (χ4n) is 3.57. The number of benzene rings is 2. The number of amides is 1. The fraction of sp³-hybridized carbons (Fsp3) is 0.0909. The summed E-state index contributed by atoms with van der Waals surface area (Å²) in [4.78, 5) is 38.0. The van der Waals surface area contributed by atoms with Crippen LogP contribution in [-0.2, 0) is 16.1 Å². The van der Waals surface area contributed by atoms with E-state index in [-0.39, 0.29) is 29.1 Å². The second-order valence-electron chi connectivity index (χ2n) is 6.69. The number of likely N-dealkylation sites (tertiary alicyclic amines) is 1. The lowest BCUT2D eigenvalue weighted by Gasteiger charge is -2.24. The van der Waals surface area contributed by atoms with E-state index >= 15 is 0 Å². The average molecular weight is 404 g/mol. The highest BCUT2D eigenvalue weighted by Gasteiger charge is 2.48. The molecule has 8 heteroatoms. The van der Waals surface area contributed by atoms with Crippen molar-refractivity contribution in [1.82, 2.24) is 4.90 Å². The smallest absolute Gasteiger partial charge is 0.296 e. The molecule has 2 heterocycles. The molecule has 0 bridgehead atoms. The summed E-state index contributed by atoms with van der Waals surface area (Å²) in [5.41, 5.74) is 0.00248. The quantitative estimate of drug-likeness (QED) is 0.227. The van der Waals surface area contributed by atoms with Gasteiger partial charge in [-0.25, -0.2) is 0 Å². The molecule has 1 aliphatic rings. The standard InChI is InChI=1S/C22H16N2O6/c25-20(14-7-2-1-3-8-14)18-19(16-10-4-5-11-17(16)24(28)29)23(22(27)21(18)26)13-15-9-6-12-30-15/h1-12,19,25H,13H2. The van der Waals surface area contributed by atoms with Gasteiger partial charge in [0.05, 0.1) is 34.9 Å². The Kier molecular flexibility index (Phi) is 4.89. The molecule has 0 spiro atoms. The summed E-state index contributed by atoms with van der Waals surface area (Å²) in [6.07, 6.45) is 1.43. The summed E-state index contributed by atoms with van der Waals surface area (Å²) < 4.78 is 5.30. The van der Waals surface area contributed by atoms with E-state index in [1.807, 2.05) is 0 Å². The van der Waals surface area contributed by atoms with Crippen LogP contribution in [0.4, 0.5) is 5.69 Å². The van der Waals surface area contributed by atoms with Crippen molar-refractivity contribution in [2.24, 2.45) is 0 Å². The van der Waals surface area contributed by atoms with Gasteiger partial charge in [-0.15, -0.1) is 0 Å². The van der Waals surface area contributed by atoms with Gasteiger partial charge in [0.1, 0.15) is 11.5 Å². The van der Waals surface area contributed by atoms with E-state index in [0.29, 0.717) is 11.3 Å². The lowest BCUT2D eigenvalue weighted by atomic mass is 9.94. The summed E-state index contributed by atoms with van der Waals surface area (Å²) in [5, 5.41) is 22.5. The van der Waals surface area contributed by atoms with E-state index in [4.69, 9.17) is 4.42 Å². The Labute approximate surface area is 170 Å². The van der Waals surface area contributed by atoms with Crippen LogP contribution in [0.2, 0.25) is 0 Å². The summed E-state index contributed by atoms with van der Waals surface area (Å²) >= 11 is 0. The topological polar surface area (TPSA) is 114 Å². The number of Topliss-reactive ketones (excluding diaryl/α,β-unsaturated/α-hetero) is 1. The van der Waals surface area contributed by atoms with Crippen molar-refractivity contribution in [3.8, 4) is 0 Å². The van der Waals surface area contributed by atoms with Crippen molar-refractivity contribution in [2.75, 3.05) is 0 Å². The molecule has 0 saturated carbocycles. The second kappa shape index (κ2) is 7.67. The molecule has 1 aliphatic heterocycles. The Bertz CT molecular complexity index is 1150. The van der Waals surface area contributed by atoms with Crippen molar-refractivity contribution in [3.05, 3.63) is 106 Å².